The van der Waals surface area contributed by atoms with Crippen molar-refractivity contribution in [2.45, 2.75) is 64.9 Å². The summed E-state index contributed by atoms with van der Waals surface area (Å²) < 4.78 is 13.3. The van der Waals surface area contributed by atoms with E-state index < -0.39 is 0 Å². The molecule has 0 amide bonds. The molecule has 5 nitrogen and oxygen atoms in total. The predicted molar refractivity (Wildman–Crippen MR) is 156 cm³/mol. The van der Waals surface area contributed by atoms with E-state index in [-0.39, 0.29) is 17.5 Å². The van der Waals surface area contributed by atoms with Gasteiger partial charge >= 0.3 is 0 Å². The second kappa shape index (κ2) is 10.6. The first-order chi connectivity index (χ1) is 19.0. The molecule has 0 unspecified atom stereocenters. The van der Waals surface area contributed by atoms with Crippen LogP contribution in [0.5, 0.6) is 11.5 Å². The molecule has 6 heteroatoms. The fourth-order valence-electron chi connectivity index (χ4n) is 6.26. The van der Waals surface area contributed by atoms with Crippen LogP contribution < -0.4 is 14.8 Å². The Balaban J connectivity index is 1.42. The van der Waals surface area contributed by atoms with Crippen LogP contribution >= 0.6 is 15.9 Å². The fourth-order valence-corrected chi connectivity index (χ4v) is 6.83. The standard InChI is InChI=1S/C33H32BrNO4/c1-3-38-29-17-21(30-31-25(10-6-12-27(31)36)35-26-11-7-13-28(37)32(26)30)16-24(34)33(29)39-18-23-19(2)14-15-20-8-4-5-9-22(20)23/h4-5,8-9,14-17,30,35H,3,6-7,10-13,18H2,1-2H3. The van der Waals surface area contributed by atoms with Gasteiger partial charge in [0.25, 0.3) is 0 Å². The minimum atomic E-state index is -0.387. The summed E-state index contributed by atoms with van der Waals surface area (Å²) in [6.07, 6.45) is 4.35. The number of Topliss-reactive ketones (excluding diaryl/α,β-unsaturated/α-hetero) is 2. The van der Waals surface area contributed by atoms with Crippen LogP contribution in [0.4, 0.5) is 0 Å². The highest BCUT2D eigenvalue weighted by molar-refractivity contribution is 9.10. The normalized spacial score (nSPS) is 17.7. The Morgan fingerprint density at radius 2 is 1.59 bits per heavy atom. The van der Waals surface area contributed by atoms with Crippen LogP contribution in [0.25, 0.3) is 10.8 Å². The van der Waals surface area contributed by atoms with Crippen molar-refractivity contribution in [3.05, 3.63) is 92.2 Å². The molecule has 1 aliphatic heterocycles. The molecule has 0 spiro atoms. The average Bonchev–Trinajstić information content (AvgIpc) is 2.93. The minimum absolute atomic E-state index is 0.125. The number of benzene rings is 3. The molecule has 39 heavy (non-hydrogen) atoms. The maximum Gasteiger partial charge on any atom is 0.175 e. The highest BCUT2D eigenvalue weighted by atomic mass is 79.9. The van der Waals surface area contributed by atoms with Gasteiger partial charge < -0.3 is 14.8 Å². The molecule has 3 aromatic carbocycles. The van der Waals surface area contributed by atoms with E-state index in [0.29, 0.717) is 37.6 Å². The number of allylic oxidation sites excluding steroid dienone is 4. The van der Waals surface area contributed by atoms with E-state index in [0.717, 1.165) is 63.8 Å². The molecule has 200 valence electrons. The van der Waals surface area contributed by atoms with Gasteiger partial charge in [0.2, 0.25) is 0 Å². The molecule has 0 fully saturated rings. The van der Waals surface area contributed by atoms with Gasteiger partial charge in [0.1, 0.15) is 6.61 Å². The number of hydrogen-bond acceptors (Lipinski definition) is 5. The van der Waals surface area contributed by atoms with Crippen molar-refractivity contribution >= 4 is 38.3 Å². The lowest BCUT2D eigenvalue weighted by atomic mass is 9.71. The van der Waals surface area contributed by atoms with Crippen molar-refractivity contribution in [2.75, 3.05) is 6.61 Å². The number of hydrogen-bond donors (Lipinski definition) is 1. The molecule has 1 N–H and O–H groups in total. The van der Waals surface area contributed by atoms with Crippen molar-refractivity contribution in [1.29, 1.82) is 0 Å². The van der Waals surface area contributed by atoms with Crippen molar-refractivity contribution in [3.63, 3.8) is 0 Å². The average molecular weight is 587 g/mol. The van der Waals surface area contributed by atoms with Gasteiger partial charge in [-0.05, 0) is 89.5 Å². The third kappa shape index (κ3) is 4.69. The van der Waals surface area contributed by atoms with Crippen LogP contribution in [0.2, 0.25) is 0 Å². The molecular weight excluding hydrogens is 554 g/mol. The molecule has 0 atom stereocenters. The van der Waals surface area contributed by atoms with Crippen LogP contribution in [-0.2, 0) is 16.2 Å². The Bertz CT molecular complexity index is 1530. The maximum absolute atomic E-state index is 13.3. The van der Waals surface area contributed by atoms with Crippen molar-refractivity contribution < 1.29 is 19.1 Å². The number of nitrogens with one attached hydrogen (secondary N) is 1. The van der Waals surface area contributed by atoms with Gasteiger partial charge in [0, 0.05) is 46.9 Å². The number of carbonyl (C=O) groups is 2. The first kappa shape index (κ1) is 25.9. The van der Waals surface area contributed by atoms with E-state index in [2.05, 4.69) is 52.4 Å². The summed E-state index contributed by atoms with van der Waals surface area (Å²) in [5.41, 5.74) is 6.62. The molecule has 0 radical (unpaired) electrons. The number of fused-ring (bicyclic) bond motifs is 1. The summed E-state index contributed by atoms with van der Waals surface area (Å²) in [5.74, 6) is 1.09. The van der Waals surface area contributed by atoms with Gasteiger partial charge in [0.15, 0.2) is 23.1 Å². The van der Waals surface area contributed by atoms with Gasteiger partial charge in [-0.15, -0.1) is 0 Å². The van der Waals surface area contributed by atoms with Crippen LogP contribution in [0.3, 0.4) is 0 Å². The molecular formula is C33H32BrNO4. The van der Waals surface area contributed by atoms with Gasteiger partial charge in [0.05, 0.1) is 11.1 Å². The van der Waals surface area contributed by atoms with Crippen molar-refractivity contribution in [3.8, 4) is 11.5 Å². The van der Waals surface area contributed by atoms with Crippen molar-refractivity contribution in [2.24, 2.45) is 0 Å². The van der Waals surface area contributed by atoms with E-state index in [9.17, 15) is 9.59 Å². The quantitative estimate of drug-likeness (QED) is 0.323. The van der Waals surface area contributed by atoms with E-state index >= 15 is 0 Å². The highest BCUT2D eigenvalue weighted by Gasteiger charge is 2.40. The molecule has 0 aromatic heterocycles. The summed E-state index contributed by atoms with van der Waals surface area (Å²) in [4.78, 5) is 26.5. The third-order valence-corrected chi connectivity index (χ3v) is 8.68. The zero-order chi connectivity index (χ0) is 27.1. The molecule has 0 saturated carbocycles. The lowest BCUT2D eigenvalue weighted by molar-refractivity contribution is -0.117. The number of halogens is 1. The zero-order valence-electron chi connectivity index (χ0n) is 22.4. The first-order valence-electron chi connectivity index (χ1n) is 13.8. The largest absolute Gasteiger partial charge is 0.490 e. The van der Waals surface area contributed by atoms with Gasteiger partial charge in [-0.1, -0.05) is 36.4 Å². The molecule has 2 aliphatic carbocycles. The number of aryl methyl sites for hydroxylation is 1. The zero-order valence-corrected chi connectivity index (χ0v) is 23.9. The Hall–Kier alpha value is -3.38. The van der Waals surface area contributed by atoms with E-state index in [1.54, 1.807) is 0 Å². The SMILES string of the molecule is CCOc1cc(C2C3=C(CCCC3=O)NC3=C2C(=O)CCC3)cc(Br)c1OCc1c(C)ccc2ccccc12. The van der Waals surface area contributed by atoms with Crippen LogP contribution in [-0.4, -0.2) is 18.2 Å². The third-order valence-electron chi connectivity index (χ3n) is 8.09. The Kier molecular flexibility index (Phi) is 7.06. The number of dihydropyridines is 1. The van der Waals surface area contributed by atoms with E-state index in [1.165, 1.54) is 16.3 Å². The lowest BCUT2D eigenvalue weighted by Crippen LogP contribution is -2.36. The van der Waals surface area contributed by atoms with Gasteiger partial charge in [-0.25, -0.2) is 0 Å². The van der Waals surface area contributed by atoms with E-state index in [1.807, 2.05) is 31.2 Å². The number of ether oxygens (including phenoxy) is 2. The second-order valence-corrected chi connectivity index (χ2v) is 11.4. The number of rotatable bonds is 6. The predicted octanol–water partition coefficient (Wildman–Crippen LogP) is 7.59. The van der Waals surface area contributed by atoms with Crippen LogP contribution in [0.1, 0.15) is 68.1 Å². The van der Waals surface area contributed by atoms with Crippen molar-refractivity contribution in [1.82, 2.24) is 5.32 Å². The molecule has 3 aliphatic rings. The lowest BCUT2D eigenvalue weighted by Gasteiger charge is -2.37. The summed E-state index contributed by atoms with van der Waals surface area (Å²) in [6, 6.07) is 16.6. The Labute approximate surface area is 237 Å². The summed E-state index contributed by atoms with van der Waals surface area (Å²) in [7, 11) is 0. The molecule has 0 bridgehead atoms. The molecule has 3 aromatic rings. The van der Waals surface area contributed by atoms with Crippen LogP contribution in [0.15, 0.2) is 75.5 Å². The second-order valence-electron chi connectivity index (χ2n) is 10.5. The number of carbonyl (C=O) groups excluding carboxylic acids is 2. The van der Waals surface area contributed by atoms with Gasteiger partial charge in [-0.2, -0.15) is 0 Å². The minimum Gasteiger partial charge on any atom is -0.490 e. The highest BCUT2D eigenvalue weighted by Crippen LogP contribution is 2.48. The number of ketones is 2. The smallest absolute Gasteiger partial charge is 0.175 e. The topological polar surface area (TPSA) is 64.6 Å². The fraction of sp³-hybridized carbons (Fsp3) is 0.333. The summed E-state index contributed by atoms with van der Waals surface area (Å²) in [5, 5.41) is 5.84. The first-order valence-corrected chi connectivity index (χ1v) is 14.6. The molecule has 6 rings (SSSR count). The van der Waals surface area contributed by atoms with Gasteiger partial charge in [-0.3, -0.25) is 9.59 Å². The summed E-state index contributed by atoms with van der Waals surface area (Å²) >= 11 is 3.76. The summed E-state index contributed by atoms with van der Waals surface area (Å²) in [6.45, 7) is 4.90. The maximum atomic E-state index is 13.3. The Morgan fingerprint density at radius 3 is 2.28 bits per heavy atom. The van der Waals surface area contributed by atoms with E-state index in [4.69, 9.17) is 9.47 Å². The molecule has 0 saturated heterocycles. The van der Waals surface area contributed by atoms with Crippen LogP contribution in [0, 0.1) is 6.92 Å². The molecule has 1 heterocycles. The monoisotopic (exact) mass is 585 g/mol. The Morgan fingerprint density at radius 1 is 0.897 bits per heavy atom.